The summed E-state index contributed by atoms with van der Waals surface area (Å²) in [5.74, 6) is -0.411. The van der Waals surface area contributed by atoms with E-state index in [0.29, 0.717) is 13.2 Å². The smallest absolute Gasteiger partial charge is 0.313 e. The third-order valence-electron chi connectivity index (χ3n) is 6.26. The van der Waals surface area contributed by atoms with E-state index in [0.717, 1.165) is 5.56 Å². The summed E-state index contributed by atoms with van der Waals surface area (Å²) >= 11 is 0. The largest absolute Gasteiger partial charge is 0.469 e. The minimum absolute atomic E-state index is 0.0903. The standard InChI is InChI=1S/C22H37NO4Si/c1-16(15-26-28(7,8)22(3,4)5)20-19(21(24)25-6)17(2)27-23(20)14-18-12-10-9-11-13-18/h9-13,16-17,19-20H,14-15H2,1-8H3. The molecule has 0 aromatic heterocycles. The molecule has 0 bridgehead atoms. The quantitative estimate of drug-likeness (QED) is 0.487. The molecule has 4 atom stereocenters. The fraction of sp³-hybridized carbons (Fsp3) is 0.682. The first-order valence-electron chi connectivity index (χ1n) is 10.2. The summed E-state index contributed by atoms with van der Waals surface area (Å²) in [6.07, 6.45) is -0.225. The Hall–Kier alpha value is -1.21. The molecule has 28 heavy (non-hydrogen) atoms. The van der Waals surface area contributed by atoms with Crippen molar-refractivity contribution >= 4 is 14.3 Å². The molecule has 1 saturated heterocycles. The number of hydrogen-bond acceptors (Lipinski definition) is 5. The van der Waals surface area contributed by atoms with Gasteiger partial charge in [0.05, 0.1) is 19.3 Å². The van der Waals surface area contributed by atoms with E-state index in [2.05, 4.69) is 52.9 Å². The van der Waals surface area contributed by atoms with Crippen molar-refractivity contribution < 1.29 is 18.8 Å². The van der Waals surface area contributed by atoms with Gasteiger partial charge in [0.2, 0.25) is 0 Å². The molecule has 158 valence electrons. The molecule has 1 fully saturated rings. The van der Waals surface area contributed by atoms with Crippen LogP contribution in [0.25, 0.3) is 0 Å². The molecule has 1 aromatic rings. The van der Waals surface area contributed by atoms with Crippen LogP contribution >= 0.6 is 0 Å². The van der Waals surface area contributed by atoms with Crippen molar-refractivity contribution in [3.8, 4) is 0 Å². The predicted octanol–water partition coefficient (Wildman–Crippen LogP) is 4.64. The molecule has 0 amide bonds. The summed E-state index contributed by atoms with van der Waals surface area (Å²) in [7, 11) is -0.418. The highest BCUT2D eigenvalue weighted by molar-refractivity contribution is 6.74. The highest BCUT2D eigenvalue weighted by Crippen LogP contribution is 2.39. The normalized spacial score (nSPS) is 24.9. The van der Waals surface area contributed by atoms with E-state index in [-0.39, 0.29) is 35.0 Å². The third-order valence-corrected chi connectivity index (χ3v) is 10.8. The lowest BCUT2D eigenvalue weighted by Crippen LogP contribution is -2.46. The van der Waals surface area contributed by atoms with Gasteiger partial charge in [-0.25, -0.2) is 0 Å². The summed E-state index contributed by atoms with van der Waals surface area (Å²) in [5, 5.41) is 2.11. The molecule has 5 nitrogen and oxygen atoms in total. The monoisotopic (exact) mass is 407 g/mol. The lowest BCUT2D eigenvalue weighted by Gasteiger charge is -2.38. The molecule has 0 N–H and O–H groups in total. The van der Waals surface area contributed by atoms with E-state index in [9.17, 15) is 4.79 Å². The van der Waals surface area contributed by atoms with Crippen LogP contribution in [0.3, 0.4) is 0 Å². The van der Waals surface area contributed by atoms with Crippen LogP contribution in [0.1, 0.15) is 40.2 Å². The average Bonchev–Trinajstić information content (AvgIpc) is 2.94. The van der Waals surface area contributed by atoms with Crippen molar-refractivity contribution in [2.75, 3.05) is 13.7 Å². The third kappa shape index (κ3) is 5.23. The van der Waals surface area contributed by atoms with Crippen molar-refractivity contribution in [1.29, 1.82) is 0 Å². The van der Waals surface area contributed by atoms with Gasteiger partial charge in [0.15, 0.2) is 8.32 Å². The Morgan fingerprint density at radius 1 is 1.25 bits per heavy atom. The first-order chi connectivity index (χ1) is 13.0. The number of carbonyl (C=O) groups is 1. The van der Waals surface area contributed by atoms with Crippen LogP contribution in [0.15, 0.2) is 30.3 Å². The minimum atomic E-state index is -1.86. The van der Waals surface area contributed by atoms with Gasteiger partial charge in [0, 0.05) is 13.2 Å². The molecular formula is C22H37NO4Si. The Morgan fingerprint density at radius 3 is 2.39 bits per heavy atom. The van der Waals surface area contributed by atoms with Crippen LogP contribution in [0.5, 0.6) is 0 Å². The summed E-state index contributed by atoms with van der Waals surface area (Å²) in [6, 6.07) is 10.1. The van der Waals surface area contributed by atoms with Gasteiger partial charge >= 0.3 is 5.97 Å². The van der Waals surface area contributed by atoms with E-state index in [1.807, 2.05) is 30.2 Å². The molecule has 1 heterocycles. The average molecular weight is 408 g/mol. The number of hydroxylamine groups is 2. The molecule has 1 aliphatic rings. The summed E-state index contributed by atoms with van der Waals surface area (Å²) in [5.41, 5.74) is 1.16. The molecule has 2 rings (SSSR count). The van der Waals surface area contributed by atoms with Crippen LogP contribution in [0.2, 0.25) is 18.1 Å². The van der Waals surface area contributed by atoms with E-state index >= 15 is 0 Å². The van der Waals surface area contributed by atoms with Crippen LogP contribution < -0.4 is 0 Å². The van der Waals surface area contributed by atoms with E-state index in [1.165, 1.54) is 7.11 Å². The van der Waals surface area contributed by atoms with Crippen molar-refractivity contribution in [2.24, 2.45) is 11.8 Å². The maximum atomic E-state index is 12.5. The number of esters is 1. The second-order valence-electron chi connectivity index (χ2n) is 9.46. The second kappa shape index (κ2) is 9.07. The van der Waals surface area contributed by atoms with Gasteiger partial charge < -0.3 is 9.16 Å². The zero-order valence-electron chi connectivity index (χ0n) is 18.7. The molecule has 4 unspecified atom stereocenters. The molecule has 6 heteroatoms. The number of nitrogens with zero attached hydrogens (tertiary/aromatic N) is 1. The molecule has 0 aliphatic carbocycles. The van der Waals surface area contributed by atoms with Gasteiger partial charge in [-0.15, -0.1) is 0 Å². The summed E-state index contributed by atoms with van der Waals surface area (Å²) in [6.45, 7) is 16.6. The number of carbonyl (C=O) groups excluding carboxylic acids is 1. The van der Waals surface area contributed by atoms with Gasteiger partial charge in [-0.2, -0.15) is 5.06 Å². The minimum Gasteiger partial charge on any atom is -0.469 e. The number of rotatable bonds is 7. The first-order valence-corrected chi connectivity index (χ1v) is 13.1. The molecule has 1 aromatic carbocycles. The summed E-state index contributed by atoms with van der Waals surface area (Å²) < 4.78 is 11.6. The first kappa shape index (κ1) is 23.1. The topological polar surface area (TPSA) is 48.0 Å². The van der Waals surface area contributed by atoms with Gasteiger partial charge in [-0.1, -0.05) is 58.0 Å². The Kier molecular flexibility index (Phi) is 7.48. The van der Waals surface area contributed by atoms with E-state index in [4.69, 9.17) is 14.0 Å². The van der Waals surface area contributed by atoms with Crippen molar-refractivity contribution in [2.45, 2.75) is 71.4 Å². The molecule has 0 saturated carbocycles. The lowest BCUT2D eigenvalue weighted by molar-refractivity contribution is -0.173. The van der Waals surface area contributed by atoms with Crippen LogP contribution in [-0.2, 0) is 25.3 Å². The Morgan fingerprint density at radius 2 is 1.86 bits per heavy atom. The second-order valence-corrected chi connectivity index (χ2v) is 14.3. The molecule has 0 spiro atoms. The fourth-order valence-corrected chi connectivity index (χ4v) is 4.58. The number of benzene rings is 1. The predicted molar refractivity (Wildman–Crippen MR) is 114 cm³/mol. The number of methoxy groups -OCH3 is 1. The summed E-state index contributed by atoms with van der Waals surface area (Å²) in [4.78, 5) is 18.7. The van der Waals surface area contributed by atoms with Crippen LogP contribution in [-0.4, -0.2) is 45.2 Å². The molecule has 0 radical (unpaired) electrons. The Bertz CT molecular complexity index is 644. The fourth-order valence-electron chi connectivity index (χ4n) is 3.47. The SMILES string of the molecule is COC(=O)C1C(C)ON(Cc2ccccc2)C1C(C)CO[Si](C)(C)C(C)(C)C. The number of hydrogen-bond donors (Lipinski definition) is 0. The molecule has 1 aliphatic heterocycles. The highest BCUT2D eigenvalue weighted by atomic mass is 28.4. The zero-order chi connectivity index (χ0) is 21.1. The van der Waals surface area contributed by atoms with E-state index in [1.54, 1.807) is 0 Å². The van der Waals surface area contributed by atoms with E-state index < -0.39 is 8.32 Å². The molecular weight excluding hydrogens is 370 g/mol. The van der Waals surface area contributed by atoms with Crippen molar-refractivity contribution in [3.63, 3.8) is 0 Å². The van der Waals surface area contributed by atoms with Crippen LogP contribution in [0.4, 0.5) is 0 Å². The zero-order valence-corrected chi connectivity index (χ0v) is 19.7. The van der Waals surface area contributed by atoms with Gasteiger partial charge in [0.25, 0.3) is 0 Å². The van der Waals surface area contributed by atoms with Gasteiger partial charge in [-0.3, -0.25) is 9.63 Å². The maximum Gasteiger partial charge on any atom is 0.313 e. The number of ether oxygens (including phenoxy) is 1. The Labute approximate surface area is 171 Å². The van der Waals surface area contributed by atoms with Crippen molar-refractivity contribution in [1.82, 2.24) is 5.06 Å². The van der Waals surface area contributed by atoms with Gasteiger partial charge in [0.1, 0.15) is 5.92 Å². The van der Waals surface area contributed by atoms with Crippen molar-refractivity contribution in [3.05, 3.63) is 35.9 Å². The van der Waals surface area contributed by atoms with Crippen LogP contribution in [0, 0.1) is 11.8 Å². The Balaban J connectivity index is 2.20. The lowest BCUT2D eigenvalue weighted by atomic mass is 9.87. The van der Waals surface area contributed by atoms with Gasteiger partial charge in [-0.05, 0) is 36.5 Å². The highest BCUT2D eigenvalue weighted by Gasteiger charge is 2.49. The maximum absolute atomic E-state index is 12.5.